The highest BCUT2D eigenvalue weighted by atomic mass is 35.5. The van der Waals surface area contributed by atoms with Crippen LogP contribution < -0.4 is 5.32 Å². The maximum Gasteiger partial charge on any atom is 0.435 e. The van der Waals surface area contributed by atoms with E-state index in [2.05, 4.69) is 15.5 Å². The van der Waals surface area contributed by atoms with Gasteiger partial charge < -0.3 is 5.32 Å². The van der Waals surface area contributed by atoms with E-state index in [0.29, 0.717) is 5.82 Å². The SMILES string of the molecule is Cc1cc(NCc2cn(C)nc2C(F)(F)F)nn1C.Cl. The van der Waals surface area contributed by atoms with Crippen molar-refractivity contribution in [2.75, 3.05) is 5.32 Å². The molecule has 0 atom stereocenters. The third-order valence-corrected chi connectivity index (χ3v) is 2.75. The molecule has 0 spiro atoms. The molecule has 0 aromatic carbocycles. The van der Waals surface area contributed by atoms with Crippen LogP contribution in [-0.2, 0) is 26.8 Å². The molecule has 5 nitrogen and oxygen atoms in total. The lowest BCUT2D eigenvalue weighted by Crippen LogP contribution is -2.11. The van der Waals surface area contributed by atoms with Gasteiger partial charge in [-0.25, -0.2) is 0 Å². The van der Waals surface area contributed by atoms with Crippen molar-refractivity contribution in [3.8, 4) is 0 Å². The molecule has 112 valence electrons. The Morgan fingerprint density at radius 1 is 1.25 bits per heavy atom. The molecule has 2 heterocycles. The van der Waals surface area contributed by atoms with Crippen LogP contribution in [0.5, 0.6) is 0 Å². The van der Waals surface area contributed by atoms with Gasteiger partial charge in [-0.2, -0.15) is 23.4 Å². The number of hydrogen-bond donors (Lipinski definition) is 1. The van der Waals surface area contributed by atoms with Gasteiger partial charge in [-0.1, -0.05) is 0 Å². The van der Waals surface area contributed by atoms with Gasteiger partial charge in [-0.3, -0.25) is 9.36 Å². The van der Waals surface area contributed by atoms with Crippen molar-refractivity contribution in [2.45, 2.75) is 19.6 Å². The van der Waals surface area contributed by atoms with Gasteiger partial charge in [0, 0.05) is 44.2 Å². The third-order valence-electron chi connectivity index (χ3n) is 2.75. The van der Waals surface area contributed by atoms with E-state index in [0.717, 1.165) is 10.4 Å². The van der Waals surface area contributed by atoms with Gasteiger partial charge in [0.25, 0.3) is 0 Å². The molecule has 0 fully saturated rings. The van der Waals surface area contributed by atoms with E-state index in [1.165, 1.54) is 13.2 Å². The molecule has 0 radical (unpaired) electrons. The zero-order chi connectivity index (χ0) is 14.2. The van der Waals surface area contributed by atoms with Gasteiger partial charge in [0.05, 0.1) is 0 Å². The molecule has 0 saturated heterocycles. The minimum atomic E-state index is -4.45. The van der Waals surface area contributed by atoms with E-state index >= 15 is 0 Å². The minimum absolute atomic E-state index is 0. The van der Waals surface area contributed by atoms with Crippen LogP contribution in [0.3, 0.4) is 0 Å². The third kappa shape index (κ3) is 3.44. The highest BCUT2D eigenvalue weighted by molar-refractivity contribution is 5.85. The first kappa shape index (κ1) is 16.4. The maximum absolute atomic E-state index is 12.7. The molecular formula is C11H15ClF3N5. The lowest BCUT2D eigenvalue weighted by atomic mass is 10.2. The van der Waals surface area contributed by atoms with Gasteiger partial charge >= 0.3 is 6.18 Å². The fraction of sp³-hybridized carbons (Fsp3) is 0.455. The van der Waals surface area contributed by atoms with E-state index in [4.69, 9.17) is 0 Å². The second-order valence-electron chi connectivity index (χ2n) is 4.32. The zero-order valence-electron chi connectivity index (χ0n) is 11.2. The van der Waals surface area contributed by atoms with Crippen molar-refractivity contribution < 1.29 is 13.2 Å². The summed E-state index contributed by atoms with van der Waals surface area (Å²) in [4.78, 5) is 0. The van der Waals surface area contributed by atoms with E-state index in [-0.39, 0.29) is 24.5 Å². The van der Waals surface area contributed by atoms with Crippen LogP contribution in [0.2, 0.25) is 0 Å². The Morgan fingerprint density at radius 3 is 2.40 bits per heavy atom. The Morgan fingerprint density at radius 2 is 1.90 bits per heavy atom. The average molecular weight is 310 g/mol. The van der Waals surface area contributed by atoms with Crippen LogP contribution in [0.15, 0.2) is 12.3 Å². The summed E-state index contributed by atoms with van der Waals surface area (Å²) in [5, 5.41) is 10.4. The molecule has 2 aromatic rings. The average Bonchev–Trinajstić information content (AvgIpc) is 2.80. The van der Waals surface area contributed by atoms with E-state index in [9.17, 15) is 13.2 Å². The Balaban J connectivity index is 0.00000200. The normalized spacial score (nSPS) is 11.3. The molecule has 0 unspecified atom stereocenters. The lowest BCUT2D eigenvalue weighted by molar-refractivity contribution is -0.142. The zero-order valence-corrected chi connectivity index (χ0v) is 12.0. The molecule has 2 rings (SSSR count). The first-order valence-electron chi connectivity index (χ1n) is 5.61. The number of hydrogen-bond acceptors (Lipinski definition) is 3. The van der Waals surface area contributed by atoms with Gasteiger partial charge in [0.2, 0.25) is 0 Å². The predicted octanol–water partition coefficient (Wildman–Crippen LogP) is 2.51. The number of halogens is 4. The quantitative estimate of drug-likeness (QED) is 0.947. The number of rotatable bonds is 3. The molecule has 0 bridgehead atoms. The molecule has 1 N–H and O–H groups in total. The maximum atomic E-state index is 12.7. The minimum Gasteiger partial charge on any atom is -0.364 e. The van der Waals surface area contributed by atoms with Crippen molar-refractivity contribution in [2.24, 2.45) is 14.1 Å². The highest BCUT2D eigenvalue weighted by Gasteiger charge is 2.36. The molecule has 0 aliphatic heterocycles. The fourth-order valence-electron chi connectivity index (χ4n) is 1.74. The number of anilines is 1. The lowest BCUT2D eigenvalue weighted by Gasteiger charge is -2.06. The van der Waals surface area contributed by atoms with Crippen molar-refractivity contribution in [1.82, 2.24) is 19.6 Å². The van der Waals surface area contributed by atoms with Gasteiger partial charge in [0.1, 0.15) is 5.82 Å². The fourth-order valence-corrected chi connectivity index (χ4v) is 1.74. The van der Waals surface area contributed by atoms with Crippen molar-refractivity contribution >= 4 is 18.2 Å². The number of aryl methyl sites for hydroxylation is 3. The van der Waals surface area contributed by atoms with Crippen LogP contribution in [0.25, 0.3) is 0 Å². The van der Waals surface area contributed by atoms with Crippen molar-refractivity contribution in [1.29, 1.82) is 0 Å². The van der Waals surface area contributed by atoms with Crippen LogP contribution in [0.4, 0.5) is 19.0 Å². The second-order valence-corrected chi connectivity index (χ2v) is 4.32. The van der Waals surface area contributed by atoms with Crippen LogP contribution in [0, 0.1) is 6.92 Å². The van der Waals surface area contributed by atoms with Gasteiger partial charge in [-0.15, -0.1) is 12.4 Å². The number of nitrogens with one attached hydrogen (secondary N) is 1. The Labute approximate surface area is 120 Å². The number of nitrogens with zero attached hydrogens (tertiary/aromatic N) is 4. The van der Waals surface area contributed by atoms with E-state index in [1.54, 1.807) is 17.8 Å². The molecule has 20 heavy (non-hydrogen) atoms. The Hall–Kier alpha value is -1.70. The first-order chi connectivity index (χ1) is 8.77. The smallest absolute Gasteiger partial charge is 0.364 e. The van der Waals surface area contributed by atoms with Crippen LogP contribution in [0.1, 0.15) is 17.0 Å². The number of aromatic nitrogens is 4. The molecule has 0 amide bonds. The Kier molecular flexibility index (Phi) is 4.69. The molecule has 2 aromatic heterocycles. The Bertz CT molecular complexity index is 568. The molecular weight excluding hydrogens is 295 g/mol. The summed E-state index contributed by atoms with van der Waals surface area (Å²) in [5.74, 6) is 0.539. The standard InChI is InChI=1S/C11H14F3N5.ClH/c1-7-4-9(16-19(7)3)15-5-8-6-18(2)17-10(8)11(12,13)14;/h4,6H,5H2,1-3H3,(H,15,16);1H. The molecule has 0 aliphatic rings. The molecule has 0 aliphatic carbocycles. The second kappa shape index (κ2) is 5.74. The summed E-state index contributed by atoms with van der Waals surface area (Å²) in [6.45, 7) is 1.89. The molecule has 0 saturated carbocycles. The van der Waals surface area contributed by atoms with E-state index < -0.39 is 11.9 Å². The van der Waals surface area contributed by atoms with Crippen molar-refractivity contribution in [3.05, 3.63) is 29.2 Å². The topological polar surface area (TPSA) is 47.7 Å². The van der Waals surface area contributed by atoms with Crippen LogP contribution >= 0.6 is 12.4 Å². The summed E-state index contributed by atoms with van der Waals surface area (Å²) in [7, 11) is 3.23. The summed E-state index contributed by atoms with van der Waals surface area (Å²) in [6, 6.07) is 1.77. The first-order valence-corrected chi connectivity index (χ1v) is 5.61. The largest absolute Gasteiger partial charge is 0.435 e. The predicted molar refractivity (Wildman–Crippen MR) is 70.7 cm³/mol. The number of alkyl halides is 3. The monoisotopic (exact) mass is 309 g/mol. The summed E-state index contributed by atoms with van der Waals surface area (Å²) in [5.41, 5.74) is 0.151. The van der Waals surface area contributed by atoms with Crippen molar-refractivity contribution in [3.63, 3.8) is 0 Å². The van der Waals surface area contributed by atoms with Crippen LogP contribution in [-0.4, -0.2) is 19.6 Å². The van der Waals surface area contributed by atoms with Gasteiger partial charge in [-0.05, 0) is 6.92 Å². The summed E-state index contributed by atoms with van der Waals surface area (Å²) in [6.07, 6.45) is -3.09. The highest BCUT2D eigenvalue weighted by Crippen LogP contribution is 2.30. The van der Waals surface area contributed by atoms with E-state index in [1.807, 2.05) is 6.92 Å². The van der Waals surface area contributed by atoms with Gasteiger partial charge in [0.15, 0.2) is 5.69 Å². The molecule has 9 heteroatoms. The summed E-state index contributed by atoms with van der Waals surface area (Å²) >= 11 is 0. The summed E-state index contributed by atoms with van der Waals surface area (Å²) < 4.78 is 41.0.